The van der Waals surface area contributed by atoms with Crippen LogP contribution in [0.3, 0.4) is 0 Å². The van der Waals surface area contributed by atoms with Crippen molar-refractivity contribution in [3.8, 4) is 11.5 Å². The van der Waals surface area contributed by atoms with Crippen molar-refractivity contribution in [2.24, 2.45) is 0 Å². The molecule has 2 aromatic carbocycles. The number of para-hydroxylation sites is 2. The van der Waals surface area contributed by atoms with Gasteiger partial charge < -0.3 is 20.1 Å². The lowest BCUT2D eigenvalue weighted by Gasteiger charge is -2.15. The van der Waals surface area contributed by atoms with Gasteiger partial charge in [0.05, 0.1) is 24.9 Å². The number of unbranched alkanes of at least 4 members (excludes halogenated alkanes) is 1. The fourth-order valence-corrected chi connectivity index (χ4v) is 2.39. The highest BCUT2D eigenvalue weighted by Gasteiger charge is 2.08. The van der Waals surface area contributed by atoms with Gasteiger partial charge in [-0.15, -0.1) is 0 Å². The summed E-state index contributed by atoms with van der Waals surface area (Å²) in [5.74, 6) is 1.36. The Labute approximate surface area is 162 Å². The molecule has 0 saturated heterocycles. The third-order valence-electron chi connectivity index (χ3n) is 4.12. The Morgan fingerprint density at radius 1 is 1.11 bits per heavy atom. The molecule has 0 bridgehead atoms. The minimum atomic E-state index is -0.130. The number of amides is 1. The van der Waals surface area contributed by atoms with Crippen molar-refractivity contribution in [3.05, 3.63) is 48.5 Å². The number of ether oxygens (including phenoxy) is 2. The fourth-order valence-electron chi connectivity index (χ4n) is 2.39. The molecule has 2 N–H and O–H groups in total. The first-order valence-corrected chi connectivity index (χ1v) is 9.64. The van der Waals surface area contributed by atoms with Crippen molar-refractivity contribution < 1.29 is 14.3 Å². The van der Waals surface area contributed by atoms with Crippen molar-refractivity contribution >= 4 is 17.3 Å². The van der Waals surface area contributed by atoms with Gasteiger partial charge in [0.25, 0.3) is 0 Å². The van der Waals surface area contributed by atoms with E-state index in [4.69, 9.17) is 9.47 Å². The second-order valence-electron chi connectivity index (χ2n) is 6.46. The molecule has 0 aliphatic rings. The number of carbonyl (C=O) groups excluding carboxylic acids is 1. The van der Waals surface area contributed by atoms with Gasteiger partial charge in [0.15, 0.2) is 0 Å². The molecule has 2 rings (SSSR count). The number of nitrogens with one attached hydrogen (secondary N) is 2. The molecule has 0 aromatic heterocycles. The summed E-state index contributed by atoms with van der Waals surface area (Å²) >= 11 is 0. The number of rotatable bonds is 11. The Morgan fingerprint density at radius 2 is 1.93 bits per heavy atom. The van der Waals surface area contributed by atoms with E-state index in [9.17, 15) is 4.79 Å². The van der Waals surface area contributed by atoms with Crippen LogP contribution in [0.25, 0.3) is 0 Å². The van der Waals surface area contributed by atoms with Gasteiger partial charge in [-0.25, -0.2) is 0 Å². The lowest BCUT2D eigenvalue weighted by atomic mass is 10.2. The van der Waals surface area contributed by atoms with Crippen molar-refractivity contribution in [2.75, 3.05) is 23.8 Å². The van der Waals surface area contributed by atoms with Gasteiger partial charge >= 0.3 is 0 Å². The number of hydrogen-bond donors (Lipinski definition) is 2. The summed E-state index contributed by atoms with van der Waals surface area (Å²) in [5.41, 5.74) is 1.53. The molecule has 146 valence electrons. The van der Waals surface area contributed by atoms with Crippen LogP contribution in [0, 0.1) is 0 Å². The van der Waals surface area contributed by atoms with Gasteiger partial charge in [0.2, 0.25) is 5.91 Å². The fraction of sp³-hybridized carbons (Fsp3) is 0.409. The summed E-state index contributed by atoms with van der Waals surface area (Å²) in [5, 5.41) is 6.04. The Kier molecular flexibility index (Phi) is 8.49. The van der Waals surface area contributed by atoms with E-state index >= 15 is 0 Å². The molecule has 1 unspecified atom stereocenters. The minimum Gasteiger partial charge on any atom is -0.491 e. The van der Waals surface area contributed by atoms with Gasteiger partial charge in [0.1, 0.15) is 11.5 Å². The average Bonchev–Trinajstić information content (AvgIpc) is 2.68. The molecule has 1 amide bonds. The third kappa shape index (κ3) is 7.21. The van der Waals surface area contributed by atoms with Gasteiger partial charge in [-0.1, -0.05) is 38.5 Å². The molecule has 0 heterocycles. The summed E-state index contributed by atoms with van der Waals surface area (Å²) in [6, 6.07) is 15.1. The van der Waals surface area contributed by atoms with Gasteiger partial charge in [-0.2, -0.15) is 0 Å². The minimum absolute atomic E-state index is 0.130. The standard InChI is InChI=1S/C22H30N2O3/c1-4-6-14-26-21-13-8-7-12-20(21)24-22(25)16-23-18-10-9-11-19(15-18)27-17(3)5-2/h7-13,15,17,23H,4-6,14,16H2,1-3H3,(H,24,25). The molecular weight excluding hydrogens is 340 g/mol. The molecule has 0 aliphatic heterocycles. The third-order valence-corrected chi connectivity index (χ3v) is 4.12. The lowest BCUT2D eigenvalue weighted by Crippen LogP contribution is -2.22. The van der Waals surface area contributed by atoms with Crippen LogP contribution in [-0.2, 0) is 4.79 Å². The molecule has 0 fully saturated rings. The van der Waals surface area contributed by atoms with Crippen LogP contribution in [0.4, 0.5) is 11.4 Å². The molecular formula is C22H30N2O3. The number of benzene rings is 2. The summed E-state index contributed by atoms with van der Waals surface area (Å²) in [6.45, 7) is 7.04. The van der Waals surface area contributed by atoms with Crippen LogP contribution in [-0.4, -0.2) is 25.2 Å². The van der Waals surface area contributed by atoms with E-state index in [2.05, 4.69) is 24.5 Å². The van der Waals surface area contributed by atoms with E-state index in [0.717, 1.165) is 30.7 Å². The van der Waals surface area contributed by atoms with E-state index < -0.39 is 0 Å². The van der Waals surface area contributed by atoms with Crippen LogP contribution in [0.2, 0.25) is 0 Å². The highest BCUT2D eigenvalue weighted by atomic mass is 16.5. The van der Waals surface area contributed by atoms with E-state index in [0.29, 0.717) is 18.0 Å². The first kappa shape index (κ1) is 20.6. The maximum absolute atomic E-state index is 12.3. The molecule has 0 radical (unpaired) electrons. The van der Waals surface area contributed by atoms with Gasteiger partial charge in [0, 0.05) is 11.8 Å². The number of hydrogen-bond acceptors (Lipinski definition) is 4. The van der Waals surface area contributed by atoms with E-state index in [1.54, 1.807) is 0 Å². The maximum Gasteiger partial charge on any atom is 0.243 e. The van der Waals surface area contributed by atoms with Crippen LogP contribution >= 0.6 is 0 Å². The van der Waals surface area contributed by atoms with Crippen LogP contribution in [0.1, 0.15) is 40.0 Å². The summed E-state index contributed by atoms with van der Waals surface area (Å²) in [4.78, 5) is 12.3. The first-order valence-electron chi connectivity index (χ1n) is 9.64. The quantitative estimate of drug-likeness (QED) is 0.541. The summed E-state index contributed by atoms with van der Waals surface area (Å²) < 4.78 is 11.6. The smallest absolute Gasteiger partial charge is 0.243 e. The van der Waals surface area contributed by atoms with Crippen molar-refractivity contribution in [2.45, 2.75) is 46.1 Å². The van der Waals surface area contributed by atoms with Crippen LogP contribution in [0.15, 0.2) is 48.5 Å². The second-order valence-corrected chi connectivity index (χ2v) is 6.46. The summed E-state index contributed by atoms with van der Waals surface area (Å²) in [6.07, 6.45) is 3.16. The molecule has 0 saturated carbocycles. The molecule has 1 atom stereocenters. The predicted octanol–water partition coefficient (Wildman–Crippen LogP) is 5.09. The molecule has 5 heteroatoms. The Bertz CT molecular complexity index is 718. The zero-order chi connectivity index (χ0) is 19.5. The van der Waals surface area contributed by atoms with Gasteiger partial charge in [-0.05, 0) is 44.0 Å². The number of carbonyl (C=O) groups is 1. The highest BCUT2D eigenvalue weighted by Crippen LogP contribution is 2.24. The molecule has 0 spiro atoms. The largest absolute Gasteiger partial charge is 0.491 e. The normalized spacial score (nSPS) is 11.5. The second kappa shape index (κ2) is 11.1. The predicted molar refractivity (Wildman–Crippen MR) is 111 cm³/mol. The Balaban J connectivity index is 1.89. The molecule has 0 aliphatic carbocycles. The topological polar surface area (TPSA) is 59.6 Å². The van der Waals surface area contributed by atoms with E-state index in [1.807, 2.05) is 55.5 Å². The Hall–Kier alpha value is -2.69. The van der Waals surface area contributed by atoms with E-state index in [-0.39, 0.29) is 18.6 Å². The van der Waals surface area contributed by atoms with Crippen LogP contribution in [0.5, 0.6) is 11.5 Å². The van der Waals surface area contributed by atoms with Crippen molar-refractivity contribution in [1.82, 2.24) is 0 Å². The monoisotopic (exact) mass is 370 g/mol. The number of anilines is 2. The zero-order valence-corrected chi connectivity index (χ0v) is 16.5. The summed E-state index contributed by atoms with van der Waals surface area (Å²) in [7, 11) is 0. The molecule has 2 aromatic rings. The average molecular weight is 370 g/mol. The molecule has 27 heavy (non-hydrogen) atoms. The van der Waals surface area contributed by atoms with Crippen LogP contribution < -0.4 is 20.1 Å². The zero-order valence-electron chi connectivity index (χ0n) is 16.5. The van der Waals surface area contributed by atoms with Crippen molar-refractivity contribution in [1.29, 1.82) is 0 Å². The molecule has 5 nitrogen and oxygen atoms in total. The van der Waals surface area contributed by atoms with Gasteiger partial charge in [-0.3, -0.25) is 4.79 Å². The Morgan fingerprint density at radius 3 is 2.70 bits per heavy atom. The van der Waals surface area contributed by atoms with Crippen molar-refractivity contribution in [3.63, 3.8) is 0 Å². The SMILES string of the molecule is CCCCOc1ccccc1NC(=O)CNc1cccc(OC(C)CC)c1. The maximum atomic E-state index is 12.3. The van der Waals surface area contributed by atoms with E-state index in [1.165, 1.54) is 0 Å². The first-order chi connectivity index (χ1) is 13.1. The lowest BCUT2D eigenvalue weighted by molar-refractivity contribution is -0.114. The highest BCUT2D eigenvalue weighted by molar-refractivity contribution is 5.95.